The van der Waals surface area contributed by atoms with Gasteiger partial charge in [-0.25, -0.2) is 4.79 Å². The number of carbonyl (C=O) groups is 5. The summed E-state index contributed by atoms with van der Waals surface area (Å²) < 4.78 is 5.07. The molecule has 0 aromatic heterocycles. The standard InChI is InChI=1S/C19H24N4O6/c1-11(16(26)21-14-7-5-13(6-8-14)20-12(2)24)29-15(25)9-10-23-17(27)19(3,4)22-18(23)28/h5-8,11H,9-10H2,1-4H3,(H,20,24)(H,21,26)(H,22,28)/t11-/m0/s1. The minimum atomic E-state index is -1.07. The van der Waals surface area contributed by atoms with Gasteiger partial charge in [-0.3, -0.25) is 24.1 Å². The Bertz CT molecular complexity index is 834. The maximum absolute atomic E-state index is 12.2. The fraction of sp³-hybridized carbons (Fsp3) is 0.421. The molecule has 0 unspecified atom stereocenters. The topological polar surface area (TPSA) is 134 Å². The highest BCUT2D eigenvalue weighted by Crippen LogP contribution is 2.17. The zero-order chi connectivity index (χ0) is 21.8. The van der Waals surface area contributed by atoms with E-state index in [-0.39, 0.29) is 18.9 Å². The second-order valence-corrected chi connectivity index (χ2v) is 7.14. The van der Waals surface area contributed by atoms with Gasteiger partial charge in [-0.2, -0.15) is 0 Å². The van der Waals surface area contributed by atoms with Crippen molar-refractivity contribution in [2.24, 2.45) is 0 Å². The van der Waals surface area contributed by atoms with Crippen LogP contribution in [0.1, 0.15) is 34.1 Å². The highest BCUT2D eigenvalue weighted by atomic mass is 16.5. The van der Waals surface area contributed by atoms with Crippen molar-refractivity contribution in [3.8, 4) is 0 Å². The largest absolute Gasteiger partial charge is 0.452 e. The normalized spacial score (nSPS) is 16.1. The number of hydrogen-bond acceptors (Lipinski definition) is 6. The molecule has 29 heavy (non-hydrogen) atoms. The summed E-state index contributed by atoms with van der Waals surface area (Å²) in [5.41, 5.74) is 0.0381. The lowest BCUT2D eigenvalue weighted by Crippen LogP contribution is -2.40. The third-order valence-electron chi connectivity index (χ3n) is 4.13. The molecule has 2 rings (SSSR count). The Hall–Kier alpha value is -3.43. The predicted molar refractivity (Wildman–Crippen MR) is 104 cm³/mol. The predicted octanol–water partition coefficient (Wildman–Crippen LogP) is 1.24. The van der Waals surface area contributed by atoms with E-state index in [4.69, 9.17) is 4.74 Å². The lowest BCUT2D eigenvalue weighted by atomic mass is 10.1. The first-order chi connectivity index (χ1) is 13.5. The minimum Gasteiger partial charge on any atom is -0.452 e. The van der Waals surface area contributed by atoms with E-state index >= 15 is 0 Å². The van der Waals surface area contributed by atoms with Crippen LogP contribution in [0.5, 0.6) is 0 Å². The van der Waals surface area contributed by atoms with E-state index in [2.05, 4.69) is 16.0 Å². The van der Waals surface area contributed by atoms with Crippen molar-refractivity contribution in [2.45, 2.75) is 45.8 Å². The van der Waals surface area contributed by atoms with Crippen molar-refractivity contribution in [2.75, 3.05) is 17.2 Å². The van der Waals surface area contributed by atoms with Gasteiger partial charge in [0.05, 0.1) is 6.42 Å². The summed E-state index contributed by atoms with van der Waals surface area (Å²) in [6.07, 6.45) is -1.30. The number of amides is 5. The molecule has 0 spiro atoms. The number of ether oxygens (including phenoxy) is 1. The lowest BCUT2D eigenvalue weighted by Gasteiger charge is -2.17. The number of urea groups is 1. The monoisotopic (exact) mass is 404 g/mol. The maximum Gasteiger partial charge on any atom is 0.325 e. The molecule has 10 heteroatoms. The number of esters is 1. The summed E-state index contributed by atoms with van der Waals surface area (Å²) in [5.74, 6) is -1.89. The molecule has 1 aromatic carbocycles. The number of benzene rings is 1. The van der Waals surface area contributed by atoms with Crippen LogP contribution >= 0.6 is 0 Å². The molecule has 5 amide bonds. The summed E-state index contributed by atoms with van der Waals surface area (Å²) in [7, 11) is 0. The van der Waals surface area contributed by atoms with Gasteiger partial charge < -0.3 is 20.7 Å². The first kappa shape index (κ1) is 21.9. The Balaban J connectivity index is 1.81. The lowest BCUT2D eigenvalue weighted by molar-refractivity contribution is -0.153. The van der Waals surface area contributed by atoms with E-state index in [1.54, 1.807) is 38.1 Å². The number of rotatable bonds is 7. The van der Waals surface area contributed by atoms with E-state index in [1.807, 2.05) is 0 Å². The summed E-state index contributed by atoms with van der Waals surface area (Å²) in [6.45, 7) is 5.81. The molecule has 0 saturated carbocycles. The average molecular weight is 404 g/mol. The Morgan fingerprint density at radius 2 is 1.66 bits per heavy atom. The van der Waals surface area contributed by atoms with Gasteiger partial charge in [-0.15, -0.1) is 0 Å². The van der Waals surface area contributed by atoms with Crippen LogP contribution in [0.3, 0.4) is 0 Å². The van der Waals surface area contributed by atoms with Gasteiger partial charge in [0, 0.05) is 24.8 Å². The molecule has 1 fully saturated rings. The Morgan fingerprint density at radius 3 is 2.14 bits per heavy atom. The highest BCUT2D eigenvalue weighted by molar-refractivity contribution is 6.06. The van der Waals surface area contributed by atoms with Gasteiger partial charge in [-0.05, 0) is 45.0 Å². The SMILES string of the molecule is CC(=O)Nc1ccc(NC(=O)[C@H](C)OC(=O)CCN2C(=O)NC(C)(C)C2=O)cc1. The molecule has 1 aliphatic rings. The van der Waals surface area contributed by atoms with Crippen LogP contribution in [0.25, 0.3) is 0 Å². The van der Waals surface area contributed by atoms with Crippen molar-refractivity contribution < 1.29 is 28.7 Å². The zero-order valence-corrected chi connectivity index (χ0v) is 16.7. The first-order valence-electron chi connectivity index (χ1n) is 9.01. The fourth-order valence-electron chi connectivity index (χ4n) is 2.62. The molecule has 1 aromatic rings. The maximum atomic E-state index is 12.2. The van der Waals surface area contributed by atoms with Gasteiger partial charge in [0.1, 0.15) is 5.54 Å². The summed E-state index contributed by atoms with van der Waals surface area (Å²) >= 11 is 0. The Kier molecular flexibility index (Phi) is 6.57. The van der Waals surface area contributed by atoms with Crippen LogP contribution in [0, 0.1) is 0 Å². The van der Waals surface area contributed by atoms with Gasteiger partial charge in [0.25, 0.3) is 11.8 Å². The van der Waals surface area contributed by atoms with Crippen LogP contribution < -0.4 is 16.0 Å². The minimum absolute atomic E-state index is 0.133. The van der Waals surface area contributed by atoms with Gasteiger partial charge in [-0.1, -0.05) is 0 Å². The van der Waals surface area contributed by atoms with E-state index in [1.165, 1.54) is 13.8 Å². The summed E-state index contributed by atoms with van der Waals surface area (Å²) in [5, 5.41) is 7.71. The number of nitrogens with zero attached hydrogens (tertiary/aromatic N) is 1. The van der Waals surface area contributed by atoms with Crippen molar-refractivity contribution >= 4 is 41.1 Å². The number of hydrogen-bond donors (Lipinski definition) is 3. The third kappa shape index (κ3) is 5.77. The van der Waals surface area contributed by atoms with E-state index in [0.29, 0.717) is 11.4 Å². The highest BCUT2D eigenvalue weighted by Gasteiger charge is 2.44. The first-order valence-corrected chi connectivity index (χ1v) is 9.01. The molecule has 10 nitrogen and oxygen atoms in total. The number of anilines is 2. The molecule has 0 aliphatic carbocycles. The van der Waals surface area contributed by atoms with Crippen LogP contribution in [-0.2, 0) is 23.9 Å². The summed E-state index contributed by atoms with van der Waals surface area (Å²) in [6, 6.07) is 5.86. The molecule has 0 bridgehead atoms. The molecule has 156 valence electrons. The average Bonchev–Trinajstić information content (AvgIpc) is 2.81. The summed E-state index contributed by atoms with van der Waals surface area (Å²) in [4.78, 5) is 60.0. The van der Waals surface area contributed by atoms with Crippen LogP contribution in [0.4, 0.5) is 16.2 Å². The smallest absolute Gasteiger partial charge is 0.325 e. The van der Waals surface area contributed by atoms with Crippen molar-refractivity contribution in [3.05, 3.63) is 24.3 Å². The number of nitrogens with one attached hydrogen (secondary N) is 3. The molecule has 3 N–H and O–H groups in total. The molecule has 1 saturated heterocycles. The van der Waals surface area contributed by atoms with Crippen LogP contribution in [0.15, 0.2) is 24.3 Å². The quantitative estimate of drug-likeness (QED) is 0.462. The van der Waals surface area contributed by atoms with E-state index < -0.39 is 35.5 Å². The number of carbonyl (C=O) groups excluding carboxylic acids is 5. The molecular formula is C19H24N4O6. The van der Waals surface area contributed by atoms with Gasteiger partial charge >= 0.3 is 12.0 Å². The zero-order valence-electron chi connectivity index (χ0n) is 16.7. The van der Waals surface area contributed by atoms with Crippen molar-refractivity contribution in [1.29, 1.82) is 0 Å². The van der Waals surface area contributed by atoms with Crippen LogP contribution in [-0.4, -0.2) is 52.8 Å². The molecule has 1 aliphatic heterocycles. The molecule has 0 radical (unpaired) electrons. The van der Waals surface area contributed by atoms with Gasteiger partial charge in [0.2, 0.25) is 5.91 Å². The van der Waals surface area contributed by atoms with Crippen LogP contribution in [0.2, 0.25) is 0 Å². The number of imide groups is 1. The van der Waals surface area contributed by atoms with Crippen molar-refractivity contribution in [3.63, 3.8) is 0 Å². The molecular weight excluding hydrogens is 380 g/mol. The Morgan fingerprint density at radius 1 is 1.10 bits per heavy atom. The Labute approximate surface area is 168 Å². The fourth-order valence-corrected chi connectivity index (χ4v) is 2.62. The van der Waals surface area contributed by atoms with E-state index in [0.717, 1.165) is 4.90 Å². The third-order valence-corrected chi connectivity index (χ3v) is 4.13. The van der Waals surface area contributed by atoms with Crippen molar-refractivity contribution in [1.82, 2.24) is 10.2 Å². The molecule has 1 atom stereocenters. The van der Waals surface area contributed by atoms with Gasteiger partial charge in [0.15, 0.2) is 6.10 Å². The second kappa shape index (κ2) is 8.72. The van der Waals surface area contributed by atoms with E-state index in [9.17, 15) is 24.0 Å². The molecule has 1 heterocycles. The second-order valence-electron chi connectivity index (χ2n) is 7.14.